The van der Waals surface area contributed by atoms with Crippen LogP contribution in [0.4, 0.5) is 11.5 Å². The number of para-hydroxylation sites is 1. The third-order valence-corrected chi connectivity index (χ3v) is 3.45. The number of pyridine rings is 1. The summed E-state index contributed by atoms with van der Waals surface area (Å²) in [4.78, 5) is 26.5. The van der Waals surface area contributed by atoms with E-state index < -0.39 is 10.8 Å². The zero-order chi connectivity index (χ0) is 14.7. The Labute approximate surface area is 123 Å². The first kappa shape index (κ1) is 14.1. The number of anilines is 1. The van der Waals surface area contributed by atoms with Crippen LogP contribution in [-0.4, -0.2) is 15.8 Å². The van der Waals surface area contributed by atoms with Crippen LogP contribution in [-0.2, 0) is 0 Å². The molecule has 0 atom stereocenters. The molecule has 102 valence electrons. The molecule has 2 rings (SSSR count). The van der Waals surface area contributed by atoms with Gasteiger partial charge in [-0.1, -0.05) is 12.1 Å². The molecule has 0 spiro atoms. The summed E-state index contributed by atoms with van der Waals surface area (Å²) < 4.78 is 0.821. The highest BCUT2D eigenvalue weighted by Crippen LogP contribution is 2.20. The molecule has 0 aliphatic rings. The van der Waals surface area contributed by atoms with E-state index in [-0.39, 0.29) is 11.3 Å². The molecule has 20 heavy (non-hydrogen) atoms. The highest BCUT2D eigenvalue weighted by atomic mass is 79.9. The molecule has 0 bridgehead atoms. The van der Waals surface area contributed by atoms with E-state index in [1.807, 2.05) is 0 Å². The number of carbonyl (C=O) groups excluding carboxylic acids is 1. The van der Waals surface area contributed by atoms with Crippen molar-refractivity contribution in [1.29, 1.82) is 0 Å². The van der Waals surface area contributed by atoms with E-state index in [4.69, 9.17) is 0 Å². The van der Waals surface area contributed by atoms with Gasteiger partial charge in [0, 0.05) is 10.5 Å². The van der Waals surface area contributed by atoms with Crippen LogP contribution < -0.4 is 5.32 Å². The largest absolute Gasteiger partial charge is 0.306 e. The number of amides is 1. The first-order chi connectivity index (χ1) is 9.49. The molecule has 1 N–H and O–H groups in total. The quantitative estimate of drug-likeness (QED) is 0.688. The molecule has 0 aliphatic heterocycles. The summed E-state index contributed by atoms with van der Waals surface area (Å²) in [6, 6.07) is 9.13. The predicted octanol–water partition coefficient (Wildman–Crippen LogP) is 3.31. The molecule has 0 saturated heterocycles. The molecule has 2 aromatic rings. The van der Waals surface area contributed by atoms with Crippen molar-refractivity contribution in [3.05, 3.63) is 62.2 Å². The van der Waals surface area contributed by atoms with Crippen LogP contribution in [0.1, 0.15) is 16.1 Å². The van der Waals surface area contributed by atoms with Gasteiger partial charge in [0.05, 0.1) is 10.6 Å². The maximum Gasteiger partial charge on any atom is 0.282 e. The van der Waals surface area contributed by atoms with E-state index in [0.717, 1.165) is 4.47 Å². The van der Waals surface area contributed by atoms with Crippen LogP contribution in [0.5, 0.6) is 0 Å². The molecular weight excluding hydrogens is 326 g/mol. The van der Waals surface area contributed by atoms with E-state index in [9.17, 15) is 14.9 Å². The molecule has 0 radical (unpaired) electrons. The van der Waals surface area contributed by atoms with Crippen LogP contribution in [0, 0.1) is 17.0 Å². The van der Waals surface area contributed by atoms with Crippen LogP contribution >= 0.6 is 15.9 Å². The van der Waals surface area contributed by atoms with E-state index in [1.165, 1.54) is 18.2 Å². The van der Waals surface area contributed by atoms with Gasteiger partial charge in [0.1, 0.15) is 11.4 Å². The smallest absolute Gasteiger partial charge is 0.282 e. The highest BCUT2D eigenvalue weighted by Gasteiger charge is 2.19. The maximum atomic E-state index is 12.1. The Morgan fingerprint density at radius 3 is 2.65 bits per heavy atom. The summed E-state index contributed by atoms with van der Waals surface area (Å²) in [5, 5.41) is 13.4. The Hall–Kier alpha value is -2.28. The van der Waals surface area contributed by atoms with Gasteiger partial charge >= 0.3 is 0 Å². The molecule has 0 fully saturated rings. The number of aromatic nitrogens is 1. The number of hydrogen-bond donors (Lipinski definition) is 1. The summed E-state index contributed by atoms with van der Waals surface area (Å²) in [6.07, 6.45) is 0. The fraction of sp³-hybridized carbons (Fsp3) is 0.0769. The Morgan fingerprint density at radius 2 is 2.00 bits per heavy atom. The van der Waals surface area contributed by atoms with Crippen molar-refractivity contribution in [2.24, 2.45) is 0 Å². The van der Waals surface area contributed by atoms with Crippen molar-refractivity contribution >= 4 is 33.3 Å². The number of hydrogen-bond acceptors (Lipinski definition) is 4. The minimum absolute atomic E-state index is 0.000119. The lowest BCUT2D eigenvalue weighted by molar-refractivity contribution is -0.385. The average molecular weight is 336 g/mol. The standard InChI is InChI=1S/C13H10BrN3O3/c1-8-10(14)6-7-12(15-8)16-13(18)9-4-2-3-5-11(9)17(19)20/h2-7H,1H3,(H,15,16,18). The topological polar surface area (TPSA) is 85.1 Å². The molecule has 0 saturated carbocycles. The van der Waals surface area contributed by atoms with E-state index in [1.54, 1.807) is 25.1 Å². The van der Waals surface area contributed by atoms with Crippen molar-refractivity contribution in [2.75, 3.05) is 5.32 Å². The van der Waals surface area contributed by atoms with Crippen LogP contribution in [0.25, 0.3) is 0 Å². The Balaban J connectivity index is 2.28. The van der Waals surface area contributed by atoms with Gasteiger partial charge in [-0.2, -0.15) is 0 Å². The second kappa shape index (κ2) is 5.79. The van der Waals surface area contributed by atoms with Gasteiger partial charge in [-0.25, -0.2) is 4.98 Å². The zero-order valence-electron chi connectivity index (χ0n) is 10.5. The normalized spacial score (nSPS) is 10.1. The van der Waals surface area contributed by atoms with E-state index >= 15 is 0 Å². The summed E-state index contributed by atoms with van der Waals surface area (Å²) in [6.45, 7) is 1.78. The van der Waals surface area contributed by atoms with E-state index in [0.29, 0.717) is 11.5 Å². The van der Waals surface area contributed by atoms with Crippen LogP contribution in [0.3, 0.4) is 0 Å². The summed E-state index contributed by atoms with van der Waals surface area (Å²) >= 11 is 3.31. The van der Waals surface area contributed by atoms with Crippen molar-refractivity contribution < 1.29 is 9.72 Å². The van der Waals surface area contributed by atoms with Gasteiger partial charge in [-0.05, 0) is 41.1 Å². The van der Waals surface area contributed by atoms with Gasteiger partial charge < -0.3 is 5.32 Å². The fourth-order valence-electron chi connectivity index (χ4n) is 1.62. The minimum Gasteiger partial charge on any atom is -0.306 e. The lowest BCUT2D eigenvalue weighted by Crippen LogP contribution is -2.15. The second-order valence-electron chi connectivity index (χ2n) is 3.99. The first-order valence-corrected chi connectivity index (χ1v) is 6.46. The van der Waals surface area contributed by atoms with Crippen molar-refractivity contribution in [3.8, 4) is 0 Å². The number of aryl methyl sites for hydroxylation is 1. The summed E-state index contributed by atoms with van der Waals surface area (Å²) in [5.41, 5.74) is 0.476. The van der Waals surface area contributed by atoms with Gasteiger partial charge in [0.2, 0.25) is 0 Å². The highest BCUT2D eigenvalue weighted by molar-refractivity contribution is 9.10. The van der Waals surface area contributed by atoms with Gasteiger partial charge in [0.25, 0.3) is 11.6 Å². The van der Waals surface area contributed by atoms with Gasteiger partial charge in [-0.3, -0.25) is 14.9 Å². The van der Waals surface area contributed by atoms with Crippen LogP contribution in [0.2, 0.25) is 0 Å². The molecule has 1 aromatic carbocycles. The van der Waals surface area contributed by atoms with Crippen molar-refractivity contribution in [1.82, 2.24) is 4.98 Å². The lowest BCUT2D eigenvalue weighted by Gasteiger charge is -2.06. The molecule has 0 unspecified atom stereocenters. The molecule has 6 nitrogen and oxygen atoms in total. The minimum atomic E-state index is -0.588. The first-order valence-electron chi connectivity index (χ1n) is 5.67. The fourth-order valence-corrected chi connectivity index (χ4v) is 1.84. The monoisotopic (exact) mass is 335 g/mol. The number of nitro groups is 1. The molecule has 7 heteroatoms. The SMILES string of the molecule is Cc1nc(NC(=O)c2ccccc2[N+](=O)[O-])ccc1Br. The van der Waals surface area contributed by atoms with Crippen LogP contribution in [0.15, 0.2) is 40.9 Å². The molecular formula is C13H10BrN3O3. The van der Waals surface area contributed by atoms with Gasteiger partial charge in [-0.15, -0.1) is 0 Å². The van der Waals surface area contributed by atoms with E-state index in [2.05, 4.69) is 26.2 Å². The average Bonchev–Trinajstić information content (AvgIpc) is 2.43. The van der Waals surface area contributed by atoms with Crippen molar-refractivity contribution in [3.63, 3.8) is 0 Å². The Kier molecular flexibility index (Phi) is 4.09. The third-order valence-electron chi connectivity index (χ3n) is 2.61. The number of halogens is 1. The van der Waals surface area contributed by atoms with Crippen molar-refractivity contribution in [2.45, 2.75) is 6.92 Å². The molecule has 1 amide bonds. The number of nitrogens with zero attached hydrogens (tertiary/aromatic N) is 2. The molecule has 1 aromatic heterocycles. The zero-order valence-corrected chi connectivity index (χ0v) is 12.0. The Morgan fingerprint density at radius 1 is 1.30 bits per heavy atom. The number of rotatable bonds is 3. The Bertz CT molecular complexity index is 688. The van der Waals surface area contributed by atoms with Gasteiger partial charge in [0.15, 0.2) is 0 Å². The predicted molar refractivity (Wildman–Crippen MR) is 77.7 cm³/mol. The lowest BCUT2D eigenvalue weighted by atomic mass is 10.1. The summed E-state index contributed by atoms with van der Waals surface area (Å²) in [5.74, 6) is -0.222. The number of benzene rings is 1. The number of nitrogens with one attached hydrogen (secondary N) is 1. The second-order valence-corrected chi connectivity index (χ2v) is 4.85. The maximum absolute atomic E-state index is 12.1. The summed E-state index contributed by atoms with van der Waals surface area (Å²) in [7, 11) is 0. The molecule has 1 heterocycles. The number of nitro benzene ring substituents is 1. The third kappa shape index (κ3) is 3.00. The number of carbonyl (C=O) groups is 1. The molecule has 0 aliphatic carbocycles.